The first-order chi connectivity index (χ1) is 13.5. The van der Waals surface area contributed by atoms with Crippen LogP contribution in [0.4, 0.5) is 0 Å². The first kappa shape index (κ1) is 18.7. The van der Waals surface area contributed by atoms with Crippen LogP contribution in [0.3, 0.4) is 0 Å². The third-order valence-corrected chi connectivity index (χ3v) is 5.65. The van der Waals surface area contributed by atoms with Crippen molar-refractivity contribution in [3.63, 3.8) is 0 Å². The Morgan fingerprint density at radius 1 is 1.11 bits per heavy atom. The normalized spacial score (nSPS) is 14.8. The van der Waals surface area contributed by atoms with Gasteiger partial charge in [-0.15, -0.1) is 0 Å². The van der Waals surface area contributed by atoms with Crippen LogP contribution in [0.2, 0.25) is 0 Å². The maximum absolute atomic E-state index is 13.5. The van der Waals surface area contributed by atoms with E-state index in [0.29, 0.717) is 0 Å². The highest BCUT2D eigenvalue weighted by atomic mass is 16.2. The third kappa shape index (κ3) is 3.30. The molecule has 5 nitrogen and oxygen atoms in total. The van der Waals surface area contributed by atoms with Crippen LogP contribution in [0.25, 0.3) is 22.2 Å². The first-order valence-corrected chi connectivity index (χ1v) is 10.2. The lowest BCUT2D eigenvalue weighted by atomic mass is 9.96. The molecule has 1 aliphatic rings. The maximum atomic E-state index is 13.5. The molecule has 0 unspecified atom stereocenters. The Bertz CT molecular complexity index is 1030. The van der Waals surface area contributed by atoms with Crippen molar-refractivity contribution in [1.29, 1.82) is 0 Å². The summed E-state index contributed by atoms with van der Waals surface area (Å²) < 4.78 is 1.93. The van der Waals surface area contributed by atoms with Crippen molar-refractivity contribution in [1.82, 2.24) is 19.7 Å². The molecule has 5 heteroatoms. The molecule has 1 fully saturated rings. The Hall–Kier alpha value is -2.69. The molecule has 0 atom stereocenters. The molecular weight excluding hydrogens is 348 g/mol. The number of benzene rings is 1. The molecule has 1 aliphatic heterocycles. The number of aryl methyl sites for hydroxylation is 1. The molecule has 4 rings (SSSR count). The zero-order valence-corrected chi connectivity index (χ0v) is 17.2. The van der Waals surface area contributed by atoms with E-state index in [0.717, 1.165) is 64.8 Å². The van der Waals surface area contributed by atoms with E-state index in [9.17, 15) is 4.79 Å². The third-order valence-electron chi connectivity index (χ3n) is 5.65. The maximum Gasteiger partial charge on any atom is 0.254 e. The van der Waals surface area contributed by atoms with Gasteiger partial charge in [0.2, 0.25) is 0 Å². The van der Waals surface area contributed by atoms with Crippen LogP contribution in [-0.4, -0.2) is 38.7 Å². The Morgan fingerprint density at radius 2 is 1.86 bits per heavy atom. The molecule has 146 valence electrons. The average Bonchev–Trinajstić information content (AvgIpc) is 3.18. The predicted octanol–water partition coefficient (Wildman–Crippen LogP) is 4.92. The number of fused-ring (bicyclic) bond motifs is 1. The van der Waals surface area contributed by atoms with E-state index in [1.165, 1.54) is 6.42 Å². The van der Waals surface area contributed by atoms with Gasteiger partial charge in [0, 0.05) is 36.3 Å². The number of hydrogen-bond donors (Lipinski definition) is 0. The minimum Gasteiger partial charge on any atom is -0.339 e. The number of likely N-dealkylation sites (tertiary alicyclic amines) is 1. The number of nitrogens with zero attached hydrogens (tertiary/aromatic N) is 4. The van der Waals surface area contributed by atoms with E-state index in [1.807, 2.05) is 35.0 Å². The second-order valence-electron chi connectivity index (χ2n) is 8.14. The fourth-order valence-electron chi connectivity index (χ4n) is 4.03. The smallest absolute Gasteiger partial charge is 0.254 e. The van der Waals surface area contributed by atoms with E-state index in [4.69, 9.17) is 4.98 Å². The van der Waals surface area contributed by atoms with Crippen molar-refractivity contribution in [2.24, 2.45) is 0 Å². The topological polar surface area (TPSA) is 51.0 Å². The van der Waals surface area contributed by atoms with Gasteiger partial charge in [0.05, 0.1) is 23.0 Å². The van der Waals surface area contributed by atoms with Gasteiger partial charge in [0.15, 0.2) is 0 Å². The molecule has 0 aliphatic carbocycles. The second-order valence-corrected chi connectivity index (χ2v) is 8.14. The molecule has 2 aromatic heterocycles. The van der Waals surface area contributed by atoms with Gasteiger partial charge in [-0.3, -0.25) is 9.48 Å². The van der Waals surface area contributed by atoms with Crippen molar-refractivity contribution >= 4 is 16.8 Å². The van der Waals surface area contributed by atoms with Gasteiger partial charge >= 0.3 is 0 Å². The zero-order chi connectivity index (χ0) is 19.8. The van der Waals surface area contributed by atoms with Crippen LogP contribution < -0.4 is 0 Å². The molecule has 3 aromatic rings. The van der Waals surface area contributed by atoms with Gasteiger partial charge in [-0.25, -0.2) is 4.98 Å². The molecule has 28 heavy (non-hydrogen) atoms. The highest BCUT2D eigenvalue weighted by molar-refractivity contribution is 6.09. The number of piperidine rings is 1. The quantitative estimate of drug-likeness (QED) is 0.652. The summed E-state index contributed by atoms with van der Waals surface area (Å²) in [6.07, 6.45) is 7.25. The molecule has 1 amide bonds. The molecule has 0 radical (unpaired) electrons. The molecule has 0 saturated carbocycles. The molecule has 1 saturated heterocycles. The standard InChI is InChI=1S/C23H28N4O/c1-15(2)27-14-18(13-24-27)22-17(4)21(23(28)26-10-6-5-7-11-26)19-12-16(3)8-9-20(19)25-22/h8-9,12-15H,5-7,10-11H2,1-4H3. The fraction of sp³-hybridized carbons (Fsp3) is 0.435. The number of pyridine rings is 1. The summed E-state index contributed by atoms with van der Waals surface area (Å²) in [7, 11) is 0. The lowest BCUT2D eigenvalue weighted by molar-refractivity contribution is 0.0725. The number of rotatable bonds is 3. The number of hydrogen-bond acceptors (Lipinski definition) is 3. The largest absolute Gasteiger partial charge is 0.339 e. The monoisotopic (exact) mass is 376 g/mol. The molecule has 0 bridgehead atoms. The molecular formula is C23H28N4O. The summed E-state index contributed by atoms with van der Waals surface area (Å²) in [6, 6.07) is 6.45. The lowest BCUT2D eigenvalue weighted by Gasteiger charge is -2.28. The fourth-order valence-corrected chi connectivity index (χ4v) is 4.03. The molecule has 0 spiro atoms. The number of carbonyl (C=O) groups is 1. The van der Waals surface area contributed by atoms with Gasteiger partial charge in [-0.1, -0.05) is 11.6 Å². The minimum atomic E-state index is 0.132. The van der Waals surface area contributed by atoms with Gasteiger partial charge in [-0.2, -0.15) is 5.10 Å². The Labute approximate surface area is 166 Å². The van der Waals surface area contributed by atoms with Crippen molar-refractivity contribution in [2.45, 2.75) is 53.0 Å². The highest BCUT2D eigenvalue weighted by Gasteiger charge is 2.25. The number of aromatic nitrogens is 3. The summed E-state index contributed by atoms with van der Waals surface area (Å²) in [5.41, 5.74) is 5.55. The number of carbonyl (C=O) groups excluding carboxylic acids is 1. The van der Waals surface area contributed by atoms with Gasteiger partial charge in [0.1, 0.15) is 0 Å². The van der Waals surface area contributed by atoms with Crippen molar-refractivity contribution in [3.8, 4) is 11.3 Å². The summed E-state index contributed by atoms with van der Waals surface area (Å²) in [5.74, 6) is 0.132. The van der Waals surface area contributed by atoms with Crippen LogP contribution in [0.1, 0.15) is 60.6 Å². The van der Waals surface area contributed by atoms with Crippen molar-refractivity contribution in [2.75, 3.05) is 13.1 Å². The summed E-state index contributed by atoms with van der Waals surface area (Å²) in [4.78, 5) is 20.5. The van der Waals surface area contributed by atoms with Crippen LogP contribution in [0.15, 0.2) is 30.6 Å². The Kier molecular flexibility index (Phi) is 4.92. The van der Waals surface area contributed by atoms with E-state index >= 15 is 0 Å². The summed E-state index contributed by atoms with van der Waals surface area (Å²) in [5, 5.41) is 5.42. The van der Waals surface area contributed by atoms with Crippen LogP contribution in [0, 0.1) is 13.8 Å². The number of amides is 1. The average molecular weight is 377 g/mol. The minimum absolute atomic E-state index is 0.132. The summed E-state index contributed by atoms with van der Waals surface area (Å²) >= 11 is 0. The van der Waals surface area contributed by atoms with Crippen LogP contribution >= 0.6 is 0 Å². The second kappa shape index (κ2) is 7.38. The van der Waals surface area contributed by atoms with E-state index in [-0.39, 0.29) is 11.9 Å². The van der Waals surface area contributed by atoms with Gasteiger partial charge in [0.25, 0.3) is 5.91 Å². The van der Waals surface area contributed by atoms with E-state index in [1.54, 1.807) is 0 Å². The van der Waals surface area contributed by atoms with Crippen LogP contribution in [0.5, 0.6) is 0 Å². The first-order valence-electron chi connectivity index (χ1n) is 10.2. The van der Waals surface area contributed by atoms with Crippen molar-refractivity contribution < 1.29 is 4.79 Å². The Balaban J connectivity index is 1.91. The van der Waals surface area contributed by atoms with Crippen molar-refractivity contribution in [3.05, 3.63) is 47.3 Å². The van der Waals surface area contributed by atoms with Crippen LogP contribution in [-0.2, 0) is 0 Å². The van der Waals surface area contributed by atoms with Gasteiger partial charge in [-0.05, 0) is 64.7 Å². The molecule has 0 N–H and O–H groups in total. The van der Waals surface area contributed by atoms with E-state index in [2.05, 4.69) is 38.0 Å². The SMILES string of the molecule is Cc1ccc2nc(-c3cnn(C(C)C)c3)c(C)c(C(=O)N3CCCCC3)c2c1. The lowest BCUT2D eigenvalue weighted by Crippen LogP contribution is -2.36. The zero-order valence-electron chi connectivity index (χ0n) is 17.2. The highest BCUT2D eigenvalue weighted by Crippen LogP contribution is 2.32. The predicted molar refractivity (Wildman–Crippen MR) is 113 cm³/mol. The Morgan fingerprint density at radius 3 is 2.54 bits per heavy atom. The molecule has 3 heterocycles. The van der Waals surface area contributed by atoms with E-state index < -0.39 is 0 Å². The summed E-state index contributed by atoms with van der Waals surface area (Å²) in [6.45, 7) is 9.97. The molecule has 1 aromatic carbocycles. The van der Waals surface area contributed by atoms with Gasteiger partial charge < -0.3 is 4.90 Å².